The molecule has 0 bridgehead atoms. The van der Waals surface area contributed by atoms with Gasteiger partial charge < -0.3 is 49.7 Å². The molecule has 2 atom stereocenters. The van der Waals surface area contributed by atoms with Crippen LogP contribution in [0.1, 0.15) is 38.5 Å². The fourth-order valence-electron chi connectivity index (χ4n) is 5.11. The number of carbonyl (C=O) groups excluding carboxylic acids is 6. The number of carbonyl (C=O) groups is 6. The van der Waals surface area contributed by atoms with Crippen LogP contribution in [0.25, 0.3) is 0 Å². The van der Waals surface area contributed by atoms with Gasteiger partial charge in [-0.15, -0.1) is 0 Å². The van der Waals surface area contributed by atoms with Gasteiger partial charge in [0.05, 0.1) is 0 Å². The lowest BCUT2D eigenvalue weighted by Gasteiger charge is -2.19. The van der Waals surface area contributed by atoms with E-state index in [9.17, 15) is 28.8 Å². The Morgan fingerprint density at radius 2 is 0.690 bits per heavy atom. The van der Waals surface area contributed by atoms with E-state index in [-0.39, 0.29) is 50.6 Å². The molecule has 58 heavy (non-hydrogen) atoms. The highest BCUT2D eigenvalue weighted by atomic mass is 16.6. The van der Waals surface area contributed by atoms with Crippen molar-refractivity contribution >= 4 is 36.3 Å². The van der Waals surface area contributed by atoms with Crippen LogP contribution in [-0.2, 0) is 19.1 Å². The number of hydrogen-bond donors (Lipinski definition) is 4. The average Bonchev–Trinajstić information content (AvgIpc) is 3.22. The number of esters is 2. The first-order valence-corrected chi connectivity index (χ1v) is 18.7. The second-order valence-corrected chi connectivity index (χ2v) is 12.4. The minimum Gasteiger partial charge on any atom is -0.461 e. The molecule has 4 aromatic rings. The number of amides is 4. The lowest BCUT2D eigenvalue weighted by Crippen LogP contribution is -2.44. The van der Waals surface area contributed by atoms with Crippen molar-refractivity contribution in [3.05, 3.63) is 121 Å². The van der Waals surface area contributed by atoms with Gasteiger partial charge in [-0.1, -0.05) is 72.8 Å². The zero-order valence-electron chi connectivity index (χ0n) is 31.7. The number of nitrogens with one attached hydrogen (secondary N) is 4. The standard InChI is InChI=1S/C42H46N4O12/c47-37(35(45-41(51)57-33-21-9-3-10-22-33)25-13-15-27-43-39(49)55-31-17-5-1-6-18-31)53-29-30-54-38(48)36(46-42(52)58-34-23-11-4-12-24-34)26-14-16-28-44-40(50)56-32-19-7-2-8-20-32/h1-12,17-24,35-36H,13-16,25-30H2,(H,43,49)(H,44,50)(H,45,51)(H,46,52). The van der Waals surface area contributed by atoms with Gasteiger partial charge in [-0.2, -0.15) is 0 Å². The monoisotopic (exact) mass is 798 g/mol. The van der Waals surface area contributed by atoms with E-state index in [0.29, 0.717) is 37.2 Å². The second kappa shape index (κ2) is 25.1. The average molecular weight is 799 g/mol. The molecule has 0 radical (unpaired) electrons. The van der Waals surface area contributed by atoms with Gasteiger partial charge in [0.1, 0.15) is 48.3 Å². The third kappa shape index (κ3) is 17.6. The minimum absolute atomic E-state index is 0.131. The highest BCUT2D eigenvalue weighted by molar-refractivity contribution is 5.83. The Hall–Kier alpha value is -7.10. The lowest BCUT2D eigenvalue weighted by atomic mass is 10.1. The van der Waals surface area contributed by atoms with Crippen molar-refractivity contribution in [1.82, 2.24) is 21.3 Å². The molecular formula is C42H46N4O12. The van der Waals surface area contributed by atoms with E-state index in [1.54, 1.807) is 121 Å². The fraction of sp³-hybridized carbons (Fsp3) is 0.286. The zero-order chi connectivity index (χ0) is 41.2. The van der Waals surface area contributed by atoms with Crippen LogP contribution in [0.15, 0.2) is 121 Å². The molecule has 0 saturated carbocycles. The molecule has 4 aromatic carbocycles. The van der Waals surface area contributed by atoms with Gasteiger partial charge in [-0.05, 0) is 87.1 Å². The minimum atomic E-state index is -1.14. The molecule has 4 rings (SSSR count). The summed E-state index contributed by atoms with van der Waals surface area (Å²) >= 11 is 0. The number of ether oxygens (including phenoxy) is 6. The molecule has 306 valence electrons. The Labute approximate surface area is 335 Å². The van der Waals surface area contributed by atoms with Crippen LogP contribution in [-0.4, -0.2) is 74.7 Å². The van der Waals surface area contributed by atoms with Crippen LogP contribution in [0.5, 0.6) is 23.0 Å². The molecule has 4 N–H and O–H groups in total. The molecule has 16 heteroatoms. The van der Waals surface area contributed by atoms with E-state index in [1.807, 2.05) is 0 Å². The van der Waals surface area contributed by atoms with Crippen molar-refractivity contribution in [3.63, 3.8) is 0 Å². The van der Waals surface area contributed by atoms with Crippen molar-refractivity contribution in [1.29, 1.82) is 0 Å². The zero-order valence-corrected chi connectivity index (χ0v) is 31.7. The van der Waals surface area contributed by atoms with Gasteiger partial charge >= 0.3 is 36.3 Å². The summed E-state index contributed by atoms with van der Waals surface area (Å²) in [5, 5.41) is 10.3. The van der Waals surface area contributed by atoms with E-state index >= 15 is 0 Å². The maximum absolute atomic E-state index is 13.1. The maximum Gasteiger partial charge on any atom is 0.413 e. The number of para-hydroxylation sites is 4. The van der Waals surface area contributed by atoms with Crippen molar-refractivity contribution < 1.29 is 57.2 Å². The molecule has 0 heterocycles. The smallest absolute Gasteiger partial charge is 0.413 e. The Bertz CT molecular complexity index is 1730. The molecule has 0 saturated heterocycles. The third-order valence-electron chi connectivity index (χ3n) is 7.92. The van der Waals surface area contributed by atoms with E-state index < -0.39 is 48.4 Å². The Balaban J connectivity index is 1.24. The summed E-state index contributed by atoms with van der Waals surface area (Å²) in [6.07, 6.45) is -1.11. The summed E-state index contributed by atoms with van der Waals surface area (Å²) in [6, 6.07) is 31.4. The maximum atomic E-state index is 13.1. The van der Waals surface area contributed by atoms with E-state index in [2.05, 4.69) is 21.3 Å². The van der Waals surface area contributed by atoms with Crippen molar-refractivity contribution in [2.75, 3.05) is 26.3 Å². The fourth-order valence-corrected chi connectivity index (χ4v) is 5.11. The summed E-state index contributed by atoms with van der Waals surface area (Å²) < 4.78 is 31.6. The van der Waals surface area contributed by atoms with Gasteiger partial charge in [0.25, 0.3) is 0 Å². The molecule has 4 amide bonds. The summed E-state index contributed by atoms with van der Waals surface area (Å²) in [5.41, 5.74) is 0. The molecule has 0 fully saturated rings. The second-order valence-electron chi connectivity index (χ2n) is 12.4. The van der Waals surface area contributed by atoms with Crippen LogP contribution in [0.2, 0.25) is 0 Å². The van der Waals surface area contributed by atoms with E-state index in [0.717, 1.165) is 0 Å². The summed E-state index contributed by atoms with van der Waals surface area (Å²) in [7, 11) is 0. The highest BCUT2D eigenvalue weighted by Gasteiger charge is 2.25. The number of unbranched alkanes of at least 4 members (excludes halogenated alkanes) is 2. The lowest BCUT2D eigenvalue weighted by molar-refractivity contribution is -0.154. The highest BCUT2D eigenvalue weighted by Crippen LogP contribution is 2.13. The quantitative estimate of drug-likeness (QED) is 0.0541. The molecule has 0 spiro atoms. The molecule has 0 aliphatic heterocycles. The molecule has 2 unspecified atom stereocenters. The van der Waals surface area contributed by atoms with Gasteiger partial charge in [-0.3, -0.25) is 0 Å². The molecule has 0 aromatic heterocycles. The van der Waals surface area contributed by atoms with Gasteiger partial charge in [0.15, 0.2) is 0 Å². The first kappa shape index (κ1) is 43.6. The number of rotatable bonds is 21. The van der Waals surface area contributed by atoms with Gasteiger partial charge in [-0.25, -0.2) is 28.8 Å². The molecular weight excluding hydrogens is 752 g/mol. The molecule has 16 nitrogen and oxygen atoms in total. The van der Waals surface area contributed by atoms with E-state index in [1.165, 1.54) is 0 Å². The third-order valence-corrected chi connectivity index (χ3v) is 7.92. The van der Waals surface area contributed by atoms with Crippen molar-refractivity contribution in [3.8, 4) is 23.0 Å². The summed E-state index contributed by atoms with van der Waals surface area (Å²) in [6.45, 7) is -0.248. The predicted molar refractivity (Wildman–Crippen MR) is 209 cm³/mol. The first-order valence-electron chi connectivity index (χ1n) is 18.7. The van der Waals surface area contributed by atoms with Crippen molar-refractivity contribution in [2.45, 2.75) is 50.6 Å². The molecule has 0 aliphatic carbocycles. The first-order chi connectivity index (χ1) is 28.2. The number of hydrogen-bond acceptors (Lipinski definition) is 12. The van der Waals surface area contributed by atoms with Crippen LogP contribution >= 0.6 is 0 Å². The van der Waals surface area contributed by atoms with Gasteiger partial charge in [0, 0.05) is 13.1 Å². The van der Waals surface area contributed by atoms with Gasteiger partial charge in [0.2, 0.25) is 0 Å². The number of benzene rings is 4. The Kier molecular flexibility index (Phi) is 18.9. The van der Waals surface area contributed by atoms with Crippen LogP contribution in [0.3, 0.4) is 0 Å². The summed E-state index contributed by atoms with van der Waals surface area (Å²) in [4.78, 5) is 75.7. The largest absolute Gasteiger partial charge is 0.461 e. The normalized spacial score (nSPS) is 11.4. The van der Waals surface area contributed by atoms with Crippen LogP contribution < -0.4 is 40.2 Å². The van der Waals surface area contributed by atoms with Crippen LogP contribution in [0.4, 0.5) is 19.2 Å². The SMILES string of the molecule is O=C(NCCCCC(NC(=O)Oc1ccccc1)C(=O)OCCOC(=O)C(CCCCNC(=O)Oc1ccccc1)NC(=O)Oc1ccccc1)Oc1ccccc1. The van der Waals surface area contributed by atoms with Crippen molar-refractivity contribution in [2.24, 2.45) is 0 Å². The van der Waals surface area contributed by atoms with Crippen LogP contribution in [0, 0.1) is 0 Å². The van der Waals surface area contributed by atoms with E-state index in [4.69, 9.17) is 28.4 Å². The predicted octanol–water partition coefficient (Wildman–Crippen LogP) is 6.31. The topological polar surface area (TPSA) is 206 Å². The Morgan fingerprint density at radius 3 is 1.00 bits per heavy atom. The summed E-state index contributed by atoms with van der Waals surface area (Å²) in [5.74, 6) is -0.316. The molecule has 0 aliphatic rings. The Morgan fingerprint density at radius 1 is 0.397 bits per heavy atom.